The summed E-state index contributed by atoms with van der Waals surface area (Å²) in [4.78, 5) is 78.8. The molecule has 79 heavy (non-hydrogen) atoms. The SMILES string of the molecule is Cc1ncsc1-c1ccc(CNC(=O)[C@@H]2C[C@@H](O)CN2C(=O)[C@@H](NC(=O)C2CCN([C@H]3C[C@@H](COc4nc(N5CC6CCC(C5)N6)c5cnc(-c6cccc7cccc(Cl)c67)c(F)c5n4)N(C)C3)CC2)C(C)(C)C)cc1.O=CO. The fourth-order valence-electron chi connectivity index (χ4n) is 12.2. The molecule has 21 heteroatoms. The summed E-state index contributed by atoms with van der Waals surface area (Å²) in [5.74, 6) is -1.12. The number of benzene rings is 3. The number of nitrogens with one attached hydrogen (secondary N) is 3. The number of halogens is 2. The first-order valence-electron chi connectivity index (χ1n) is 27.2. The van der Waals surface area contributed by atoms with Crippen LogP contribution in [0.15, 0.2) is 72.4 Å². The highest BCUT2D eigenvalue weighted by Crippen LogP contribution is 2.39. The van der Waals surface area contributed by atoms with Crippen LogP contribution in [0.5, 0.6) is 6.01 Å². The highest BCUT2D eigenvalue weighted by molar-refractivity contribution is 7.13. The van der Waals surface area contributed by atoms with E-state index >= 15 is 4.39 Å². The number of carbonyl (C=O) groups excluding carboxylic acids is 3. The van der Waals surface area contributed by atoms with Crippen LogP contribution < -0.4 is 25.6 Å². The summed E-state index contributed by atoms with van der Waals surface area (Å²) in [7, 11) is 2.09. The molecular weight excluding hydrogens is 1050 g/mol. The van der Waals surface area contributed by atoms with E-state index in [-0.39, 0.29) is 78.9 Å². The number of hydrogen-bond donors (Lipinski definition) is 5. The number of pyridine rings is 1. The number of aliphatic hydroxyl groups excluding tert-OH is 1. The lowest BCUT2D eigenvalue weighted by molar-refractivity contribution is -0.144. The summed E-state index contributed by atoms with van der Waals surface area (Å²) in [6, 6.07) is 18.5. The Hall–Kier alpha value is -6.42. The molecule has 3 aromatic carbocycles. The minimum atomic E-state index is -0.904. The van der Waals surface area contributed by atoms with Gasteiger partial charge < -0.3 is 40.7 Å². The summed E-state index contributed by atoms with van der Waals surface area (Å²) in [5, 5.41) is 30.1. The Morgan fingerprint density at radius 3 is 2.34 bits per heavy atom. The number of nitrogens with zero attached hydrogens (tertiary/aromatic N) is 8. The van der Waals surface area contributed by atoms with Gasteiger partial charge in [0.1, 0.15) is 35.7 Å². The average molecular weight is 1120 g/mol. The standard InChI is InChI=1S/C57H67ClFN11O5S.CH2O2/c1-32-50(76-31-62-32)35-14-12-33(13-15-35)24-61-54(73)45-23-41(71)29-70(45)55(74)51(57(2,3)4)65-53(72)36-18-20-68(21-19-36)39-22-40(67(5)28-39)30-75-56-64-49-43(52(66-56)69-26-37-16-17-38(27-69)63-37)25-60-48(47(49)59)42-10-6-8-34-9-7-11-44(58)46(34)42;2-1-3/h6-15,25,31,36-41,45,51,63,71H,16-24,26-30H2,1-5H3,(H,61,73)(H,65,72);1H,(H,2,3)/t37?,38?,39-,40-,41+,45-,51+;/m0./s1. The zero-order valence-corrected chi connectivity index (χ0v) is 46.8. The molecule has 418 valence electrons. The van der Waals surface area contributed by atoms with Gasteiger partial charge in [0, 0.05) is 91.4 Å². The number of thiazole rings is 1. The Morgan fingerprint density at radius 1 is 0.949 bits per heavy atom. The van der Waals surface area contributed by atoms with E-state index in [4.69, 9.17) is 41.2 Å². The Kier molecular flexibility index (Phi) is 16.8. The van der Waals surface area contributed by atoms with Gasteiger partial charge in [-0.15, -0.1) is 11.3 Å². The summed E-state index contributed by atoms with van der Waals surface area (Å²) >= 11 is 8.29. The van der Waals surface area contributed by atoms with Crippen molar-refractivity contribution in [1.29, 1.82) is 0 Å². The first kappa shape index (κ1) is 55.9. The molecule has 0 spiro atoms. The molecule has 8 heterocycles. The third kappa shape index (κ3) is 12.1. The molecule has 5 aliphatic rings. The molecule has 18 nitrogen and oxygen atoms in total. The molecule has 0 aliphatic carbocycles. The molecule has 2 bridgehead atoms. The Balaban J connectivity index is 0.00000230. The molecule has 3 aromatic heterocycles. The zero-order valence-electron chi connectivity index (χ0n) is 45.2. The van der Waals surface area contributed by atoms with Gasteiger partial charge >= 0.3 is 6.01 Å². The number of likely N-dealkylation sites (tertiary alicyclic amines) is 3. The van der Waals surface area contributed by atoms with Crippen LogP contribution in [-0.2, 0) is 25.7 Å². The van der Waals surface area contributed by atoms with Crippen LogP contribution >= 0.6 is 22.9 Å². The first-order chi connectivity index (χ1) is 38.0. The molecule has 5 N–H and O–H groups in total. The summed E-state index contributed by atoms with van der Waals surface area (Å²) in [6.07, 6.45) is 5.18. The van der Waals surface area contributed by atoms with Crippen LogP contribution in [0.3, 0.4) is 0 Å². The number of rotatable bonds is 13. The quantitative estimate of drug-likeness (QED) is 0.0762. The summed E-state index contributed by atoms with van der Waals surface area (Å²) in [6.45, 7) is 11.8. The van der Waals surface area contributed by atoms with Gasteiger partial charge in [0.25, 0.3) is 6.47 Å². The number of aliphatic hydroxyl groups is 1. The van der Waals surface area contributed by atoms with Crippen molar-refractivity contribution in [2.75, 3.05) is 57.8 Å². The molecule has 0 radical (unpaired) electrons. The largest absolute Gasteiger partial charge is 0.483 e. The van der Waals surface area contributed by atoms with Gasteiger partial charge in [0.2, 0.25) is 17.7 Å². The van der Waals surface area contributed by atoms with Crippen molar-refractivity contribution in [2.45, 2.75) is 115 Å². The van der Waals surface area contributed by atoms with Crippen molar-refractivity contribution in [3.63, 3.8) is 0 Å². The maximum atomic E-state index is 17.1. The van der Waals surface area contributed by atoms with Crippen LogP contribution in [0.2, 0.25) is 5.02 Å². The van der Waals surface area contributed by atoms with E-state index < -0.39 is 29.4 Å². The maximum Gasteiger partial charge on any atom is 0.319 e. The first-order valence-corrected chi connectivity index (χ1v) is 28.5. The summed E-state index contributed by atoms with van der Waals surface area (Å²) < 4.78 is 23.5. The lowest BCUT2D eigenvalue weighted by Crippen LogP contribution is -2.59. The van der Waals surface area contributed by atoms with Gasteiger partial charge in [0.05, 0.1) is 27.6 Å². The smallest absolute Gasteiger partial charge is 0.319 e. The molecule has 0 saturated carbocycles. The highest BCUT2D eigenvalue weighted by atomic mass is 35.5. The second kappa shape index (κ2) is 23.7. The van der Waals surface area contributed by atoms with E-state index in [2.05, 4.69) is 42.7 Å². The molecule has 5 aliphatic heterocycles. The van der Waals surface area contributed by atoms with Gasteiger partial charge in [-0.3, -0.25) is 34.0 Å². The number of likely N-dealkylation sites (N-methyl/N-ethyl adjacent to an activating group) is 1. The van der Waals surface area contributed by atoms with E-state index in [9.17, 15) is 19.5 Å². The molecule has 5 fully saturated rings. The number of aryl methyl sites for hydroxylation is 1. The predicted octanol–water partition coefficient (Wildman–Crippen LogP) is 6.68. The lowest BCUT2D eigenvalue weighted by Gasteiger charge is -2.38. The average Bonchev–Trinajstić information content (AvgIpc) is 4.39. The number of fused-ring (bicyclic) bond motifs is 4. The van der Waals surface area contributed by atoms with Crippen LogP contribution in [0.4, 0.5) is 10.2 Å². The van der Waals surface area contributed by atoms with Crippen LogP contribution in [0, 0.1) is 24.1 Å². The normalized spacial score (nSPS) is 23.1. The second-order valence-electron chi connectivity index (χ2n) is 22.8. The molecule has 6 aromatic rings. The molecule has 7 atom stereocenters. The van der Waals surface area contributed by atoms with Crippen molar-refractivity contribution in [3.05, 3.63) is 94.5 Å². The van der Waals surface area contributed by atoms with E-state index in [1.54, 1.807) is 23.6 Å². The highest BCUT2D eigenvalue weighted by Gasteiger charge is 2.46. The van der Waals surface area contributed by atoms with E-state index in [0.717, 1.165) is 71.4 Å². The van der Waals surface area contributed by atoms with Gasteiger partial charge in [-0.05, 0) is 87.2 Å². The van der Waals surface area contributed by atoms with Crippen molar-refractivity contribution in [1.82, 2.24) is 50.6 Å². The molecule has 11 rings (SSSR count). The number of piperazine rings is 1. The number of hydrogen-bond acceptors (Lipinski definition) is 15. The number of aromatic nitrogens is 4. The van der Waals surface area contributed by atoms with E-state index in [1.807, 2.05) is 87.8 Å². The monoisotopic (exact) mass is 1120 g/mol. The van der Waals surface area contributed by atoms with E-state index in [1.165, 1.54) is 4.90 Å². The second-order valence-corrected chi connectivity index (χ2v) is 24.1. The number of carboxylic acid groups (broad SMARTS) is 1. The number of anilines is 1. The molecular formula is C58H69ClFN11O7S. The summed E-state index contributed by atoms with van der Waals surface area (Å²) in [5.41, 5.74) is 5.00. The van der Waals surface area contributed by atoms with E-state index in [0.29, 0.717) is 66.4 Å². The van der Waals surface area contributed by atoms with Crippen molar-refractivity contribution in [2.24, 2.45) is 11.3 Å². The minimum Gasteiger partial charge on any atom is -0.483 e. The predicted molar refractivity (Wildman–Crippen MR) is 302 cm³/mol. The third-order valence-corrected chi connectivity index (χ3v) is 17.7. The molecule has 2 unspecified atom stereocenters. The fraction of sp³-hybridized carbons (Fsp3) is 0.483. The Labute approximate surface area is 468 Å². The van der Waals surface area contributed by atoms with Crippen LogP contribution in [0.1, 0.15) is 70.6 Å². The number of piperidine rings is 1. The lowest BCUT2D eigenvalue weighted by atomic mass is 9.84. The Morgan fingerprint density at radius 2 is 1.66 bits per heavy atom. The van der Waals surface area contributed by atoms with Gasteiger partial charge in [-0.2, -0.15) is 9.97 Å². The van der Waals surface area contributed by atoms with Crippen molar-refractivity contribution in [3.8, 4) is 27.7 Å². The van der Waals surface area contributed by atoms with Gasteiger partial charge in [0.15, 0.2) is 5.82 Å². The topological polar surface area (TPSA) is 219 Å². The fourth-order valence-corrected chi connectivity index (χ4v) is 13.3. The molecule has 5 saturated heterocycles. The van der Waals surface area contributed by atoms with Crippen LogP contribution in [-0.4, -0.2) is 164 Å². The van der Waals surface area contributed by atoms with Gasteiger partial charge in [-0.1, -0.05) is 87.0 Å². The number of ether oxygens (including phenoxy) is 1. The van der Waals surface area contributed by atoms with Crippen molar-refractivity contribution >= 4 is 74.6 Å². The zero-order chi connectivity index (χ0) is 55.7. The maximum absolute atomic E-state index is 17.1. The molecule has 3 amide bonds. The minimum absolute atomic E-state index is 0.00980. The number of carbonyl (C=O) groups is 4. The van der Waals surface area contributed by atoms with Crippen LogP contribution in [0.25, 0.3) is 43.4 Å². The van der Waals surface area contributed by atoms with Gasteiger partial charge in [-0.25, -0.2) is 9.37 Å². The third-order valence-electron chi connectivity index (χ3n) is 16.4. The number of β-amino-alcohol motifs (C(OH)–C–C–N with tert-alkyl or cyclic N) is 1. The Bertz CT molecular complexity index is 3190. The van der Waals surface area contributed by atoms with Crippen molar-refractivity contribution < 1.29 is 38.5 Å². The number of amides is 3.